The molecule has 0 aliphatic carbocycles. The Kier molecular flexibility index (Phi) is 4.50. The predicted octanol–water partition coefficient (Wildman–Crippen LogP) is 2.84. The summed E-state index contributed by atoms with van der Waals surface area (Å²) in [4.78, 5) is 24.1. The van der Waals surface area contributed by atoms with Gasteiger partial charge in [-0.2, -0.15) is 0 Å². The van der Waals surface area contributed by atoms with Crippen molar-refractivity contribution in [3.05, 3.63) is 57.7 Å². The van der Waals surface area contributed by atoms with E-state index in [1.807, 2.05) is 23.6 Å². The van der Waals surface area contributed by atoms with Crippen molar-refractivity contribution in [1.82, 2.24) is 14.9 Å². The zero-order valence-electron chi connectivity index (χ0n) is 13.7. The van der Waals surface area contributed by atoms with Gasteiger partial charge < -0.3 is 9.88 Å². The van der Waals surface area contributed by atoms with Crippen LogP contribution in [-0.4, -0.2) is 41.0 Å². The largest absolute Gasteiger partial charge is 0.370 e. The van der Waals surface area contributed by atoms with Crippen LogP contribution in [0.4, 0.5) is 10.1 Å². The molecule has 130 valence electrons. The van der Waals surface area contributed by atoms with Crippen molar-refractivity contribution in [2.24, 2.45) is 0 Å². The van der Waals surface area contributed by atoms with Gasteiger partial charge in [0.2, 0.25) is 0 Å². The van der Waals surface area contributed by atoms with Crippen molar-refractivity contribution in [3.63, 3.8) is 0 Å². The molecule has 0 bridgehead atoms. The first kappa shape index (κ1) is 16.2. The van der Waals surface area contributed by atoms with Gasteiger partial charge in [-0.05, 0) is 42.1 Å². The minimum atomic E-state index is -0.209. The lowest BCUT2D eigenvalue weighted by Gasteiger charge is -2.23. The van der Waals surface area contributed by atoms with E-state index in [4.69, 9.17) is 0 Å². The van der Waals surface area contributed by atoms with Crippen LogP contribution in [0, 0.1) is 5.82 Å². The molecule has 1 aliphatic rings. The highest BCUT2D eigenvalue weighted by molar-refractivity contribution is 7.17. The van der Waals surface area contributed by atoms with Gasteiger partial charge in [0.25, 0.3) is 5.56 Å². The van der Waals surface area contributed by atoms with E-state index in [1.165, 1.54) is 23.5 Å². The van der Waals surface area contributed by atoms with Gasteiger partial charge in [0.05, 0.1) is 12.1 Å². The fraction of sp³-hybridized carbons (Fsp3) is 0.333. The number of hydrogen-bond acceptors (Lipinski definition) is 5. The summed E-state index contributed by atoms with van der Waals surface area (Å²) in [6.45, 7) is 4.27. The van der Waals surface area contributed by atoms with E-state index in [0.717, 1.165) is 43.8 Å². The quantitative estimate of drug-likeness (QED) is 0.782. The van der Waals surface area contributed by atoms with Crippen LogP contribution >= 0.6 is 11.3 Å². The maximum Gasteiger partial charge on any atom is 0.268 e. The average molecular weight is 358 g/mol. The number of nitrogens with zero attached hydrogens (tertiary/aromatic N) is 3. The molecule has 5 nitrogen and oxygen atoms in total. The molecule has 4 rings (SSSR count). The second-order valence-electron chi connectivity index (χ2n) is 6.24. The van der Waals surface area contributed by atoms with Gasteiger partial charge in [-0.15, -0.1) is 11.3 Å². The summed E-state index contributed by atoms with van der Waals surface area (Å²) in [6, 6.07) is 8.55. The van der Waals surface area contributed by atoms with E-state index in [1.54, 1.807) is 0 Å². The number of nitrogens with one attached hydrogen (secondary N) is 1. The van der Waals surface area contributed by atoms with Crippen molar-refractivity contribution in [2.75, 3.05) is 31.1 Å². The van der Waals surface area contributed by atoms with Crippen molar-refractivity contribution < 1.29 is 4.39 Å². The molecular formula is C18H19FN4OS. The molecule has 0 spiro atoms. The van der Waals surface area contributed by atoms with Gasteiger partial charge in [-0.1, -0.05) is 0 Å². The number of fused-ring (bicyclic) bond motifs is 1. The van der Waals surface area contributed by atoms with Gasteiger partial charge in [0.15, 0.2) is 0 Å². The highest BCUT2D eigenvalue weighted by atomic mass is 32.1. The van der Waals surface area contributed by atoms with Crippen LogP contribution in [0.2, 0.25) is 0 Å². The van der Waals surface area contributed by atoms with Crippen LogP contribution in [0.3, 0.4) is 0 Å². The zero-order valence-corrected chi connectivity index (χ0v) is 14.6. The number of rotatable bonds is 3. The fourth-order valence-corrected chi connectivity index (χ4v) is 3.97. The van der Waals surface area contributed by atoms with E-state index in [-0.39, 0.29) is 11.4 Å². The number of aromatic amines is 1. The summed E-state index contributed by atoms with van der Waals surface area (Å²) in [5.74, 6) is 0.505. The number of benzene rings is 1. The lowest BCUT2D eigenvalue weighted by atomic mass is 10.2. The molecule has 1 N–H and O–H groups in total. The minimum Gasteiger partial charge on any atom is -0.370 e. The normalized spacial score (nSPS) is 16.3. The first-order valence-corrected chi connectivity index (χ1v) is 9.26. The summed E-state index contributed by atoms with van der Waals surface area (Å²) in [5, 5.41) is 1.89. The first-order chi connectivity index (χ1) is 12.2. The second kappa shape index (κ2) is 6.93. The molecule has 0 unspecified atom stereocenters. The number of anilines is 1. The smallest absolute Gasteiger partial charge is 0.268 e. The molecule has 1 fully saturated rings. The van der Waals surface area contributed by atoms with Crippen molar-refractivity contribution in [2.45, 2.75) is 13.0 Å². The Bertz CT molecular complexity index is 921. The summed E-state index contributed by atoms with van der Waals surface area (Å²) >= 11 is 1.42. The van der Waals surface area contributed by atoms with Crippen LogP contribution in [0.25, 0.3) is 10.2 Å². The third kappa shape index (κ3) is 3.57. The molecule has 0 atom stereocenters. The maximum absolute atomic E-state index is 13.1. The number of thiophene rings is 1. The highest BCUT2D eigenvalue weighted by Crippen LogP contribution is 2.18. The summed E-state index contributed by atoms with van der Waals surface area (Å²) in [6.07, 6.45) is 1.02. The molecule has 7 heteroatoms. The average Bonchev–Trinajstić information content (AvgIpc) is 2.96. The number of H-pyrrole nitrogens is 1. The molecule has 2 aromatic heterocycles. The zero-order chi connectivity index (χ0) is 17.2. The Morgan fingerprint density at radius 1 is 1.12 bits per heavy atom. The van der Waals surface area contributed by atoms with Crippen LogP contribution in [0.5, 0.6) is 0 Å². The Morgan fingerprint density at radius 2 is 1.96 bits per heavy atom. The van der Waals surface area contributed by atoms with E-state index in [2.05, 4.69) is 19.8 Å². The van der Waals surface area contributed by atoms with Crippen molar-refractivity contribution in [3.8, 4) is 0 Å². The lowest BCUT2D eigenvalue weighted by Crippen LogP contribution is -2.31. The maximum atomic E-state index is 13.1. The first-order valence-electron chi connectivity index (χ1n) is 8.38. The van der Waals surface area contributed by atoms with Gasteiger partial charge in [0, 0.05) is 31.9 Å². The Labute approximate surface area is 148 Å². The molecular weight excluding hydrogens is 339 g/mol. The molecule has 25 heavy (non-hydrogen) atoms. The topological polar surface area (TPSA) is 52.2 Å². The van der Waals surface area contributed by atoms with Crippen molar-refractivity contribution in [1.29, 1.82) is 0 Å². The molecule has 1 aromatic carbocycles. The van der Waals surface area contributed by atoms with Gasteiger partial charge in [0.1, 0.15) is 16.3 Å². The van der Waals surface area contributed by atoms with Crippen LogP contribution in [0.1, 0.15) is 12.2 Å². The van der Waals surface area contributed by atoms with Gasteiger partial charge in [-0.25, -0.2) is 9.37 Å². The number of hydrogen-bond donors (Lipinski definition) is 1. The van der Waals surface area contributed by atoms with Gasteiger partial charge in [-0.3, -0.25) is 9.69 Å². The van der Waals surface area contributed by atoms with E-state index < -0.39 is 0 Å². The monoisotopic (exact) mass is 358 g/mol. The molecule has 0 radical (unpaired) electrons. The number of halogens is 1. The summed E-state index contributed by atoms with van der Waals surface area (Å²) < 4.78 is 13.8. The third-order valence-corrected chi connectivity index (χ3v) is 5.42. The Balaban J connectivity index is 1.45. The van der Waals surface area contributed by atoms with Crippen LogP contribution in [0.15, 0.2) is 40.5 Å². The Hall–Kier alpha value is -2.25. The third-order valence-electron chi connectivity index (χ3n) is 4.52. The SMILES string of the molecule is O=c1[nH]c(CN2CCCN(c3ccc(F)cc3)CC2)nc2ccsc12. The lowest BCUT2D eigenvalue weighted by molar-refractivity contribution is 0.278. The molecule has 3 aromatic rings. The molecule has 0 amide bonds. The van der Waals surface area contributed by atoms with E-state index in [0.29, 0.717) is 17.1 Å². The molecule has 1 saturated heterocycles. The predicted molar refractivity (Wildman–Crippen MR) is 98.7 cm³/mol. The standard InChI is InChI=1S/C18H19FN4OS/c19-13-2-4-14(5-3-13)23-8-1-7-22(9-10-23)12-16-20-15-6-11-25-17(15)18(24)21-16/h2-6,11H,1,7-10,12H2,(H,20,21,24). The minimum absolute atomic E-state index is 0.0576. The van der Waals surface area contributed by atoms with Crippen molar-refractivity contribution >= 4 is 27.2 Å². The summed E-state index contributed by atoms with van der Waals surface area (Å²) in [5.41, 5.74) is 1.76. The molecule has 1 aliphatic heterocycles. The van der Waals surface area contributed by atoms with Crippen LogP contribution in [-0.2, 0) is 6.54 Å². The fourth-order valence-electron chi connectivity index (χ4n) is 3.25. The molecule has 3 heterocycles. The Morgan fingerprint density at radius 3 is 2.80 bits per heavy atom. The van der Waals surface area contributed by atoms with E-state index in [9.17, 15) is 9.18 Å². The second-order valence-corrected chi connectivity index (χ2v) is 7.16. The van der Waals surface area contributed by atoms with Gasteiger partial charge >= 0.3 is 0 Å². The molecule has 0 saturated carbocycles. The van der Waals surface area contributed by atoms with E-state index >= 15 is 0 Å². The summed E-state index contributed by atoms with van der Waals surface area (Å²) in [7, 11) is 0. The van der Waals surface area contributed by atoms with Crippen LogP contribution < -0.4 is 10.5 Å². The number of aromatic nitrogens is 2. The highest BCUT2D eigenvalue weighted by Gasteiger charge is 2.17.